The van der Waals surface area contributed by atoms with E-state index in [9.17, 15) is 15.2 Å². The third-order valence-electron chi connectivity index (χ3n) is 8.67. The van der Waals surface area contributed by atoms with Crippen molar-refractivity contribution >= 4 is 23.6 Å². The van der Waals surface area contributed by atoms with Crippen LogP contribution in [0.5, 0.6) is 0 Å². The number of hydrogen-bond acceptors (Lipinski definition) is 9. The maximum atomic E-state index is 13.7. The highest BCUT2D eigenvalue weighted by Gasteiger charge is 2.32. The van der Waals surface area contributed by atoms with Gasteiger partial charge >= 0.3 is 6.03 Å². The van der Waals surface area contributed by atoms with E-state index in [4.69, 9.17) is 9.97 Å². The molecule has 4 aromatic rings. The van der Waals surface area contributed by atoms with Gasteiger partial charge in [-0.25, -0.2) is 14.8 Å². The summed E-state index contributed by atoms with van der Waals surface area (Å²) >= 11 is 0. The summed E-state index contributed by atoms with van der Waals surface area (Å²) in [7, 11) is 1.88. The zero-order valence-corrected chi connectivity index (χ0v) is 25.4. The molecule has 12 heteroatoms. The van der Waals surface area contributed by atoms with Crippen molar-refractivity contribution in [3.8, 4) is 17.2 Å². The molecule has 1 aliphatic carbocycles. The van der Waals surface area contributed by atoms with Gasteiger partial charge in [-0.3, -0.25) is 9.58 Å². The molecule has 45 heavy (non-hydrogen) atoms. The highest BCUT2D eigenvalue weighted by molar-refractivity contribution is 5.91. The smallest absolute Gasteiger partial charge is 0.323 e. The van der Waals surface area contributed by atoms with Crippen molar-refractivity contribution in [2.24, 2.45) is 13.0 Å². The number of amides is 2. The lowest BCUT2D eigenvalue weighted by Crippen LogP contribution is -2.49. The number of carbonyl (C=O) groups excluding carboxylic acids is 1. The van der Waals surface area contributed by atoms with E-state index in [2.05, 4.69) is 31.7 Å². The van der Waals surface area contributed by atoms with E-state index in [0.29, 0.717) is 36.2 Å². The Bertz CT molecular complexity index is 1630. The minimum atomic E-state index is -0.177. The van der Waals surface area contributed by atoms with E-state index in [0.717, 1.165) is 55.3 Å². The second-order valence-electron chi connectivity index (χ2n) is 11.8. The fourth-order valence-electron chi connectivity index (χ4n) is 6.18. The van der Waals surface area contributed by atoms with Gasteiger partial charge in [0.1, 0.15) is 17.5 Å². The highest BCUT2D eigenvalue weighted by Crippen LogP contribution is 2.31. The topological polar surface area (TPSA) is 148 Å². The molecule has 1 unspecified atom stereocenters. The van der Waals surface area contributed by atoms with E-state index in [1.54, 1.807) is 28.2 Å². The standard InChI is InChI=1S/C33H38N10O2/c1-41-21-27(19-38-41)25-7-12-30(35-17-25)43(33(45)37-16-23-5-3-2-4-6-23)29-10-8-28(9-11-29)39-32-36-18-26(15-34)31(40-32)42-14-13-24(20-42)22-44/h2-7,12,17-19,21,24,28-29,44H,8-11,13-14,16,20,22H2,1H3,(H,37,45)(H,36,39,40)/t24?,28-,29-. The Hall–Kier alpha value is -5.02. The lowest BCUT2D eigenvalue weighted by atomic mass is 9.90. The number of aromatic nitrogens is 5. The first-order valence-corrected chi connectivity index (χ1v) is 15.5. The molecule has 0 radical (unpaired) electrons. The Morgan fingerprint density at radius 2 is 1.87 bits per heavy atom. The van der Waals surface area contributed by atoms with Crippen LogP contribution in [0.25, 0.3) is 11.1 Å². The normalized spacial score (nSPS) is 19.6. The van der Waals surface area contributed by atoms with E-state index in [1.165, 1.54) is 0 Å². The van der Waals surface area contributed by atoms with Crippen LogP contribution in [-0.4, -0.2) is 67.7 Å². The largest absolute Gasteiger partial charge is 0.396 e. The van der Waals surface area contributed by atoms with Crippen LogP contribution in [0.2, 0.25) is 0 Å². The summed E-state index contributed by atoms with van der Waals surface area (Å²) in [6, 6.07) is 15.9. The maximum absolute atomic E-state index is 13.7. The minimum Gasteiger partial charge on any atom is -0.396 e. The van der Waals surface area contributed by atoms with Gasteiger partial charge in [-0.1, -0.05) is 30.3 Å². The van der Waals surface area contributed by atoms with Crippen LogP contribution in [-0.2, 0) is 13.6 Å². The number of benzene rings is 1. The van der Waals surface area contributed by atoms with Gasteiger partial charge in [0, 0.05) is 74.8 Å². The van der Waals surface area contributed by atoms with Crippen molar-refractivity contribution in [3.05, 3.63) is 78.4 Å². The number of rotatable bonds is 9. The second-order valence-corrected chi connectivity index (χ2v) is 11.8. The van der Waals surface area contributed by atoms with Crippen molar-refractivity contribution in [3.63, 3.8) is 0 Å². The molecule has 12 nitrogen and oxygen atoms in total. The molecule has 3 N–H and O–H groups in total. The van der Waals surface area contributed by atoms with Crippen molar-refractivity contribution in [2.75, 3.05) is 34.8 Å². The molecule has 1 saturated heterocycles. The van der Waals surface area contributed by atoms with Gasteiger partial charge < -0.3 is 20.6 Å². The Kier molecular flexibility index (Phi) is 9.17. The number of hydrogen-bond donors (Lipinski definition) is 3. The van der Waals surface area contributed by atoms with Gasteiger partial charge in [0.25, 0.3) is 0 Å². The van der Waals surface area contributed by atoms with Gasteiger partial charge in [-0.15, -0.1) is 0 Å². The number of aliphatic hydroxyl groups excluding tert-OH is 1. The quantitative estimate of drug-likeness (QED) is 0.256. The van der Waals surface area contributed by atoms with E-state index in [-0.39, 0.29) is 30.6 Å². The number of nitrogens with one attached hydrogen (secondary N) is 2. The van der Waals surface area contributed by atoms with Crippen LogP contribution in [0.1, 0.15) is 43.2 Å². The first-order valence-electron chi connectivity index (χ1n) is 15.5. The van der Waals surface area contributed by atoms with Gasteiger partial charge in [-0.05, 0) is 49.8 Å². The molecule has 2 amide bonds. The molecular formula is C33H38N10O2. The second kappa shape index (κ2) is 13.7. The number of nitriles is 1. The molecule has 6 rings (SSSR count). The molecule has 232 valence electrons. The van der Waals surface area contributed by atoms with Gasteiger partial charge in [0.2, 0.25) is 5.95 Å². The Morgan fingerprint density at radius 3 is 2.53 bits per heavy atom. The molecule has 4 heterocycles. The minimum absolute atomic E-state index is 0.0342. The fraction of sp³-hybridized carbons (Fsp3) is 0.394. The molecule has 2 aliphatic rings. The third kappa shape index (κ3) is 7.05. The Morgan fingerprint density at radius 1 is 1.04 bits per heavy atom. The maximum Gasteiger partial charge on any atom is 0.323 e. The Balaban J connectivity index is 1.14. The van der Waals surface area contributed by atoms with Gasteiger partial charge in [0.05, 0.1) is 12.4 Å². The van der Waals surface area contributed by atoms with E-state index >= 15 is 0 Å². The van der Waals surface area contributed by atoms with Crippen LogP contribution in [0, 0.1) is 17.2 Å². The molecule has 1 saturated carbocycles. The number of aliphatic hydroxyl groups is 1. The van der Waals surface area contributed by atoms with Crippen molar-refractivity contribution in [2.45, 2.75) is 50.7 Å². The summed E-state index contributed by atoms with van der Waals surface area (Å²) in [6.07, 6.45) is 11.1. The van der Waals surface area contributed by atoms with Gasteiger partial charge in [-0.2, -0.15) is 15.3 Å². The number of aryl methyl sites for hydroxylation is 1. The molecule has 2 fully saturated rings. The summed E-state index contributed by atoms with van der Waals surface area (Å²) in [5.41, 5.74) is 3.37. The molecular weight excluding hydrogens is 568 g/mol. The zero-order valence-electron chi connectivity index (χ0n) is 25.4. The van der Waals surface area contributed by atoms with Crippen LogP contribution < -0.4 is 20.4 Å². The predicted octanol–water partition coefficient (Wildman–Crippen LogP) is 4.10. The summed E-state index contributed by atoms with van der Waals surface area (Å²) in [6.45, 7) is 1.98. The SMILES string of the molecule is Cn1cc(-c2ccc(N(C(=O)NCc3ccccc3)[C@H]3CC[C@H](Nc4ncc(C#N)c(N5CCC(CO)C5)n4)CC3)nc2)cn1. The van der Waals surface area contributed by atoms with Crippen molar-refractivity contribution < 1.29 is 9.90 Å². The number of urea groups is 1. The van der Waals surface area contributed by atoms with Crippen LogP contribution in [0.3, 0.4) is 0 Å². The van der Waals surface area contributed by atoms with Gasteiger partial charge in [0.15, 0.2) is 5.82 Å². The summed E-state index contributed by atoms with van der Waals surface area (Å²) in [4.78, 5) is 31.4. The highest BCUT2D eigenvalue weighted by atomic mass is 16.3. The summed E-state index contributed by atoms with van der Waals surface area (Å²) in [5, 5.41) is 30.0. The van der Waals surface area contributed by atoms with E-state index < -0.39 is 0 Å². The summed E-state index contributed by atoms with van der Waals surface area (Å²) < 4.78 is 1.75. The van der Waals surface area contributed by atoms with E-state index in [1.807, 2.05) is 55.7 Å². The average molecular weight is 607 g/mol. The third-order valence-corrected chi connectivity index (χ3v) is 8.67. The molecule has 1 atom stereocenters. The lowest BCUT2D eigenvalue weighted by Gasteiger charge is -2.36. The molecule has 0 spiro atoms. The Labute approximate surface area is 262 Å². The predicted molar refractivity (Wildman–Crippen MR) is 171 cm³/mol. The zero-order chi connectivity index (χ0) is 31.2. The van der Waals surface area contributed by atoms with Crippen LogP contribution >= 0.6 is 0 Å². The molecule has 1 aromatic carbocycles. The average Bonchev–Trinajstić information content (AvgIpc) is 3.75. The molecule has 0 bridgehead atoms. The van der Waals surface area contributed by atoms with Crippen molar-refractivity contribution in [1.82, 2.24) is 30.0 Å². The number of carbonyl (C=O) groups is 1. The lowest BCUT2D eigenvalue weighted by molar-refractivity contribution is 0.238. The van der Waals surface area contributed by atoms with Crippen LogP contribution in [0.4, 0.5) is 22.4 Å². The number of nitrogens with zero attached hydrogens (tertiary/aromatic N) is 8. The fourth-order valence-corrected chi connectivity index (χ4v) is 6.18. The first kappa shape index (κ1) is 30.0. The monoisotopic (exact) mass is 606 g/mol. The molecule has 1 aliphatic heterocycles. The van der Waals surface area contributed by atoms with Crippen molar-refractivity contribution in [1.29, 1.82) is 5.26 Å². The number of pyridine rings is 1. The molecule has 3 aromatic heterocycles. The van der Waals surface area contributed by atoms with Crippen LogP contribution in [0.15, 0.2) is 67.3 Å². The first-order chi connectivity index (χ1) is 22.0. The number of anilines is 3. The summed E-state index contributed by atoms with van der Waals surface area (Å²) in [5.74, 6) is 1.90.